The van der Waals surface area contributed by atoms with Gasteiger partial charge in [-0.3, -0.25) is 4.68 Å². The van der Waals surface area contributed by atoms with E-state index in [4.69, 9.17) is 9.47 Å². The van der Waals surface area contributed by atoms with Crippen molar-refractivity contribution >= 4 is 12.4 Å². The monoisotopic (exact) mass is 353 g/mol. The first kappa shape index (κ1) is 20.3. The Kier molecular flexibility index (Phi) is 8.08. The standard InChI is InChI=1S/C18H27N3O2.ClH/c1-13(2)21-12-16(14(3)20-21)11-19-9-8-15-6-7-17(22-4)18(10-15)23-5;/h6-7,10,12-13,19H,8-9,11H2,1-5H3;1H. The summed E-state index contributed by atoms with van der Waals surface area (Å²) < 4.78 is 12.6. The van der Waals surface area contributed by atoms with Gasteiger partial charge in [0.05, 0.1) is 19.9 Å². The maximum Gasteiger partial charge on any atom is 0.160 e. The molecule has 134 valence electrons. The van der Waals surface area contributed by atoms with Crippen LogP contribution in [0.1, 0.15) is 36.7 Å². The molecule has 0 aliphatic rings. The molecule has 2 aromatic rings. The summed E-state index contributed by atoms with van der Waals surface area (Å²) >= 11 is 0. The number of nitrogens with zero attached hydrogens (tertiary/aromatic N) is 2. The lowest BCUT2D eigenvalue weighted by Gasteiger charge is -2.10. The van der Waals surface area contributed by atoms with Gasteiger partial charge in [0, 0.05) is 24.3 Å². The van der Waals surface area contributed by atoms with Crippen molar-refractivity contribution in [1.82, 2.24) is 15.1 Å². The number of rotatable bonds is 8. The number of ether oxygens (including phenoxy) is 2. The molecule has 0 unspecified atom stereocenters. The lowest BCUT2D eigenvalue weighted by Crippen LogP contribution is -2.17. The van der Waals surface area contributed by atoms with Gasteiger partial charge in [0.2, 0.25) is 0 Å². The Morgan fingerprint density at radius 1 is 1.17 bits per heavy atom. The van der Waals surface area contributed by atoms with Crippen molar-refractivity contribution in [2.75, 3.05) is 20.8 Å². The maximum atomic E-state index is 5.34. The van der Waals surface area contributed by atoms with E-state index in [9.17, 15) is 0 Å². The van der Waals surface area contributed by atoms with Crippen LogP contribution in [0.2, 0.25) is 0 Å². The molecule has 0 saturated heterocycles. The SMILES string of the molecule is COc1ccc(CCNCc2cn(C(C)C)nc2C)cc1OC.Cl. The third-order valence-electron chi connectivity index (χ3n) is 3.90. The van der Waals surface area contributed by atoms with Crippen LogP contribution in [0.4, 0.5) is 0 Å². The molecule has 0 fully saturated rings. The van der Waals surface area contributed by atoms with E-state index in [0.717, 1.165) is 36.7 Å². The van der Waals surface area contributed by atoms with Crippen LogP contribution in [-0.2, 0) is 13.0 Å². The first-order valence-electron chi connectivity index (χ1n) is 8.01. The molecule has 0 aliphatic heterocycles. The quantitative estimate of drug-likeness (QED) is 0.737. The molecule has 0 aliphatic carbocycles. The zero-order valence-corrected chi connectivity index (χ0v) is 15.9. The summed E-state index contributed by atoms with van der Waals surface area (Å²) in [5.41, 5.74) is 3.58. The van der Waals surface area contributed by atoms with E-state index in [1.807, 2.05) is 16.8 Å². The van der Waals surface area contributed by atoms with Crippen LogP contribution >= 0.6 is 12.4 Å². The molecule has 1 aromatic carbocycles. The number of aryl methyl sites for hydroxylation is 1. The third-order valence-corrected chi connectivity index (χ3v) is 3.90. The molecular formula is C18H28ClN3O2. The average Bonchev–Trinajstić information content (AvgIpc) is 2.92. The number of hydrogen-bond donors (Lipinski definition) is 1. The highest BCUT2D eigenvalue weighted by atomic mass is 35.5. The number of methoxy groups -OCH3 is 2. The number of hydrogen-bond acceptors (Lipinski definition) is 4. The van der Waals surface area contributed by atoms with Crippen LogP contribution in [0.25, 0.3) is 0 Å². The van der Waals surface area contributed by atoms with Crippen LogP contribution in [-0.4, -0.2) is 30.5 Å². The minimum atomic E-state index is 0. The zero-order valence-electron chi connectivity index (χ0n) is 15.1. The number of halogens is 1. The first-order valence-corrected chi connectivity index (χ1v) is 8.01. The van der Waals surface area contributed by atoms with Crippen molar-refractivity contribution in [2.24, 2.45) is 0 Å². The van der Waals surface area contributed by atoms with Crippen molar-refractivity contribution in [3.8, 4) is 11.5 Å². The molecule has 24 heavy (non-hydrogen) atoms. The molecule has 5 nitrogen and oxygen atoms in total. The predicted octanol–water partition coefficient (Wildman–Crippen LogP) is 3.54. The van der Waals surface area contributed by atoms with E-state index >= 15 is 0 Å². The third kappa shape index (κ3) is 5.14. The van der Waals surface area contributed by atoms with Gasteiger partial charge < -0.3 is 14.8 Å². The largest absolute Gasteiger partial charge is 0.493 e. The second-order valence-electron chi connectivity index (χ2n) is 5.93. The molecule has 0 bridgehead atoms. The molecule has 6 heteroatoms. The summed E-state index contributed by atoms with van der Waals surface area (Å²) in [6.45, 7) is 8.08. The Bertz CT molecular complexity index is 641. The van der Waals surface area contributed by atoms with Gasteiger partial charge in [-0.05, 0) is 51.4 Å². The average molecular weight is 354 g/mol. The van der Waals surface area contributed by atoms with Gasteiger partial charge in [-0.25, -0.2) is 0 Å². The summed E-state index contributed by atoms with van der Waals surface area (Å²) in [5, 5.41) is 8.02. The van der Waals surface area contributed by atoms with E-state index in [1.165, 1.54) is 11.1 Å². The van der Waals surface area contributed by atoms with Crippen LogP contribution in [0.15, 0.2) is 24.4 Å². The van der Waals surface area contributed by atoms with E-state index in [1.54, 1.807) is 14.2 Å². The topological polar surface area (TPSA) is 48.3 Å². The number of aromatic nitrogens is 2. The van der Waals surface area contributed by atoms with Crippen LogP contribution in [0.3, 0.4) is 0 Å². The van der Waals surface area contributed by atoms with Crippen molar-refractivity contribution in [3.63, 3.8) is 0 Å². The number of benzene rings is 1. The van der Waals surface area contributed by atoms with E-state index in [2.05, 4.69) is 43.4 Å². The Labute approximate surface area is 150 Å². The van der Waals surface area contributed by atoms with Gasteiger partial charge in [0.15, 0.2) is 11.5 Å². The molecule has 0 radical (unpaired) electrons. The predicted molar refractivity (Wildman–Crippen MR) is 99.6 cm³/mol. The Morgan fingerprint density at radius 2 is 1.88 bits per heavy atom. The molecule has 1 N–H and O–H groups in total. The summed E-state index contributed by atoms with van der Waals surface area (Å²) in [4.78, 5) is 0. The molecule has 0 amide bonds. The van der Waals surface area contributed by atoms with Crippen molar-refractivity contribution in [2.45, 2.75) is 39.8 Å². The van der Waals surface area contributed by atoms with Gasteiger partial charge in [-0.15, -0.1) is 12.4 Å². The fourth-order valence-corrected chi connectivity index (χ4v) is 2.45. The fraction of sp³-hybridized carbons (Fsp3) is 0.500. The molecule has 1 aromatic heterocycles. The lowest BCUT2D eigenvalue weighted by molar-refractivity contribution is 0.354. The van der Waals surface area contributed by atoms with Gasteiger partial charge in [0.1, 0.15) is 0 Å². The van der Waals surface area contributed by atoms with Gasteiger partial charge in [-0.2, -0.15) is 5.10 Å². The minimum absolute atomic E-state index is 0. The highest BCUT2D eigenvalue weighted by molar-refractivity contribution is 5.85. The van der Waals surface area contributed by atoms with Gasteiger partial charge >= 0.3 is 0 Å². The Morgan fingerprint density at radius 3 is 2.46 bits per heavy atom. The first-order chi connectivity index (χ1) is 11.0. The molecule has 0 saturated carbocycles. The highest BCUT2D eigenvalue weighted by Crippen LogP contribution is 2.27. The summed E-state index contributed by atoms with van der Waals surface area (Å²) in [6.07, 6.45) is 3.07. The fourth-order valence-electron chi connectivity index (χ4n) is 2.45. The van der Waals surface area contributed by atoms with Crippen LogP contribution in [0, 0.1) is 6.92 Å². The molecule has 1 heterocycles. The highest BCUT2D eigenvalue weighted by Gasteiger charge is 2.07. The van der Waals surface area contributed by atoms with E-state index in [-0.39, 0.29) is 12.4 Å². The minimum Gasteiger partial charge on any atom is -0.493 e. The van der Waals surface area contributed by atoms with Crippen molar-refractivity contribution < 1.29 is 9.47 Å². The summed E-state index contributed by atoms with van der Waals surface area (Å²) in [5.74, 6) is 1.54. The molecule has 2 rings (SSSR count). The second kappa shape index (κ2) is 9.55. The Balaban J connectivity index is 0.00000288. The summed E-state index contributed by atoms with van der Waals surface area (Å²) in [7, 11) is 3.31. The summed E-state index contributed by atoms with van der Waals surface area (Å²) in [6, 6.07) is 6.45. The normalized spacial score (nSPS) is 10.6. The van der Waals surface area contributed by atoms with Crippen molar-refractivity contribution in [1.29, 1.82) is 0 Å². The Hall–Kier alpha value is -1.72. The second-order valence-corrected chi connectivity index (χ2v) is 5.93. The molecular weight excluding hydrogens is 326 g/mol. The molecule has 0 atom stereocenters. The maximum absolute atomic E-state index is 5.34. The lowest BCUT2D eigenvalue weighted by atomic mass is 10.1. The smallest absolute Gasteiger partial charge is 0.160 e. The van der Waals surface area contributed by atoms with E-state index in [0.29, 0.717) is 6.04 Å². The van der Waals surface area contributed by atoms with Crippen molar-refractivity contribution in [3.05, 3.63) is 41.2 Å². The van der Waals surface area contributed by atoms with Gasteiger partial charge in [-0.1, -0.05) is 6.07 Å². The number of nitrogens with one attached hydrogen (secondary N) is 1. The van der Waals surface area contributed by atoms with E-state index < -0.39 is 0 Å². The van der Waals surface area contributed by atoms with Gasteiger partial charge in [0.25, 0.3) is 0 Å². The zero-order chi connectivity index (χ0) is 16.8. The molecule has 0 spiro atoms. The van der Waals surface area contributed by atoms with Crippen LogP contribution < -0.4 is 14.8 Å². The van der Waals surface area contributed by atoms with Crippen LogP contribution in [0.5, 0.6) is 11.5 Å².